The number of nitrogens with one attached hydrogen (secondary N) is 6. The number of benzene rings is 2. The molecule has 1 saturated heterocycles. The van der Waals surface area contributed by atoms with Gasteiger partial charge in [-0.25, -0.2) is 0 Å². The molecule has 0 radical (unpaired) electrons. The van der Waals surface area contributed by atoms with Crippen molar-refractivity contribution in [1.82, 2.24) is 24.7 Å². The highest BCUT2D eigenvalue weighted by atomic mass is 16.2. The molecule has 66 heavy (non-hydrogen) atoms. The Morgan fingerprint density at radius 3 is 1.80 bits per heavy atom. The fraction of sp³-hybridized carbons (Fsp3) is 0.429. The van der Waals surface area contributed by atoms with Crippen molar-refractivity contribution in [2.75, 3.05) is 34.4 Å². The lowest BCUT2D eigenvalue weighted by Crippen LogP contribution is -2.45. The highest BCUT2D eigenvalue weighted by Crippen LogP contribution is 2.28. The standard InChI is InChI=1S/C49H63N9O8/c1-30(2)12-11-14-43(60)52-38-25-41(57(7)29-38)48(65)54-35-17-15-33(16-18-35)34-24-40(56(6)28-34)47(64)55-37-21-19-36(20-22-37)53-46(63)32(5)51-44(61)27-50-42(59)13-9-8-10-23-58-45(62)26-39(31(3)4)49(58)66/h15-22,24-25,28-32,39H,8-14,23,26-27H2,1-7H3,(H,50,59)(H,51,61)(H,52,60)(H,53,63)(H,54,65)(H,55,64). The average Bonchev–Trinajstić information content (AvgIpc) is 3.93. The van der Waals surface area contributed by atoms with Crippen molar-refractivity contribution < 1.29 is 38.4 Å². The highest BCUT2D eigenvalue weighted by Gasteiger charge is 2.39. The Bertz CT molecular complexity index is 2400. The first-order valence-corrected chi connectivity index (χ1v) is 22.5. The number of imide groups is 1. The summed E-state index contributed by atoms with van der Waals surface area (Å²) in [7, 11) is 3.51. The fourth-order valence-corrected chi connectivity index (χ4v) is 7.55. The van der Waals surface area contributed by atoms with Crippen LogP contribution in [0.25, 0.3) is 11.1 Å². The predicted molar refractivity (Wildman–Crippen MR) is 253 cm³/mol. The second-order valence-corrected chi connectivity index (χ2v) is 17.7. The summed E-state index contributed by atoms with van der Waals surface area (Å²) in [5, 5.41) is 16.5. The van der Waals surface area contributed by atoms with Gasteiger partial charge in [0.25, 0.3) is 11.8 Å². The zero-order valence-corrected chi connectivity index (χ0v) is 38.9. The number of likely N-dealkylation sites (tertiary alicyclic amines) is 1. The third-order valence-electron chi connectivity index (χ3n) is 11.4. The van der Waals surface area contributed by atoms with E-state index in [1.54, 1.807) is 78.0 Å². The minimum Gasteiger partial charge on any atom is -0.347 e. The van der Waals surface area contributed by atoms with E-state index in [4.69, 9.17) is 0 Å². The number of hydrogen-bond acceptors (Lipinski definition) is 8. The van der Waals surface area contributed by atoms with E-state index in [1.165, 1.54) is 11.8 Å². The first-order valence-electron chi connectivity index (χ1n) is 22.5. The van der Waals surface area contributed by atoms with E-state index in [-0.39, 0.29) is 66.7 Å². The predicted octanol–water partition coefficient (Wildman–Crippen LogP) is 6.45. The molecule has 17 nitrogen and oxygen atoms in total. The molecular formula is C49H63N9O8. The maximum absolute atomic E-state index is 13.3. The third kappa shape index (κ3) is 14.2. The molecule has 0 aliphatic carbocycles. The van der Waals surface area contributed by atoms with Gasteiger partial charge in [-0.1, -0.05) is 52.7 Å². The van der Waals surface area contributed by atoms with E-state index in [0.29, 0.717) is 72.3 Å². The van der Waals surface area contributed by atoms with Crippen LogP contribution in [-0.2, 0) is 42.9 Å². The lowest BCUT2D eigenvalue weighted by atomic mass is 9.94. The van der Waals surface area contributed by atoms with Gasteiger partial charge in [0.15, 0.2) is 0 Å². The summed E-state index contributed by atoms with van der Waals surface area (Å²) in [6, 6.07) is 16.2. The van der Waals surface area contributed by atoms with Gasteiger partial charge >= 0.3 is 0 Å². The highest BCUT2D eigenvalue weighted by molar-refractivity contribution is 6.06. The van der Waals surface area contributed by atoms with E-state index in [9.17, 15) is 38.4 Å². The normalized spacial score (nSPS) is 14.0. The second-order valence-electron chi connectivity index (χ2n) is 17.7. The number of nitrogens with zero attached hydrogens (tertiary/aromatic N) is 3. The summed E-state index contributed by atoms with van der Waals surface area (Å²) in [6.45, 7) is 9.66. The van der Waals surface area contributed by atoms with E-state index in [0.717, 1.165) is 24.0 Å². The van der Waals surface area contributed by atoms with Crippen LogP contribution >= 0.6 is 0 Å². The molecule has 2 aromatic carbocycles. The number of unbranched alkanes of at least 4 members (excludes halogenated alkanes) is 2. The third-order valence-corrected chi connectivity index (χ3v) is 11.4. The molecule has 2 unspecified atom stereocenters. The topological polar surface area (TPSA) is 222 Å². The smallest absolute Gasteiger partial charge is 0.272 e. The van der Waals surface area contributed by atoms with Crippen LogP contribution in [0.4, 0.5) is 22.7 Å². The summed E-state index contributed by atoms with van der Waals surface area (Å²) < 4.78 is 3.37. The zero-order valence-electron chi connectivity index (χ0n) is 38.9. The summed E-state index contributed by atoms with van der Waals surface area (Å²) in [5.74, 6) is -1.98. The van der Waals surface area contributed by atoms with Crippen LogP contribution in [0.15, 0.2) is 73.1 Å². The van der Waals surface area contributed by atoms with Gasteiger partial charge in [0.2, 0.25) is 35.4 Å². The van der Waals surface area contributed by atoms with E-state index >= 15 is 0 Å². The number of aromatic nitrogens is 2. The van der Waals surface area contributed by atoms with Crippen LogP contribution in [0.3, 0.4) is 0 Å². The van der Waals surface area contributed by atoms with Crippen molar-refractivity contribution >= 4 is 70.0 Å². The van der Waals surface area contributed by atoms with Crippen LogP contribution in [-0.4, -0.2) is 80.4 Å². The molecule has 6 N–H and O–H groups in total. The number of hydrogen-bond donors (Lipinski definition) is 6. The van der Waals surface area contributed by atoms with Gasteiger partial charge in [0.05, 0.1) is 12.2 Å². The van der Waals surface area contributed by atoms with Crippen LogP contribution in [0, 0.1) is 17.8 Å². The molecule has 17 heteroatoms. The van der Waals surface area contributed by atoms with Gasteiger partial charge in [0.1, 0.15) is 17.4 Å². The minimum absolute atomic E-state index is 0.0857. The SMILES string of the molecule is CC(C)CCCC(=O)Nc1cc(C(=O)Nc2ccc(-c3cc(C(=O)Nc4ccc(NC(=O)C(C)NC(=O)CNC(=O)CCCCCN5C(=O)CC(C(C)C)C5=O)cc4)n(C)c3)cc2)n(C)c1. The number of rotatable bonds is 22. The average molecular weight is 906 g/mol. The first kappa shape index (κ1) is 50.0. The Morgan fingerprint density at radius 1 is 0.621 bits per heavy atom. The van der Waals surface area contributed by atoms with Crippen molar-refractivity contribution in [3.63, 3.8) is 0 Å². The molecule has 3 heterocycles. The Balaban J connectivity index is 1.01. The van der Waals surface area contributed by atoms with Crippen LogP contribution in [0.2, 0.25) is 0 Å². The molecule has 1 fully saturated rings. The Hall–Kier alpha value is -7.04. The summed E-state index contributed by atoms with van der Waals surface area (Å²) in [4.78, 5) is 102. The molecule has 0 saturated carbocycles. The van der Waals surface area contributed by atoms with Gasteiger partial charge in [-0.15, -0.1) is 0 Å². The number of carbonyl (C=O) groups excluding carboxylic acids is 8. The zero-order chi connectivity index (χ0) is 48.1. The van der Waals surface area contributed by atoms with Gasteiger partial charge < -0.3 is 41.0 Å². The summed E-state index contributed by atoms with van der Waals surface area (Å²) >= 11 is 0. The fourth-order valence-electron chi connectivity index (χ4n) is 7.55. The number of anilines is 4. The van der Waals surface area contributed by atoms with Crippen molar-refractivity contribution in [2.45, 2.75) is 92.0 Å². The maximum atomic E-state index is 13.3. The second kappa shape index (κ2) is 23.2. The van der Waals surface area contributed by atoms with E-state index in [2.05, 4.69) is 45.7 Å². The lowest BCUT2D eigenvalue weighted by Gasteiger charge is -2.16. The summed E-state index contributed by atoms with van der Waals surface area (Å²) in [6.07, 6.45) is 7.94. The molecule has 2 aromatic heterocycles. The molecular weight excluding hydrogens is 843 g/mol. The van der Waals surface area contributed by atoms with Gasteiger partial charge in [-0.2, -0.15) is 0 Å². The van der Waals surface area contributed by atoms with Gasteiger partial charge in [0, 0.05) is 80.8 Å². The molecule has 5 rings (SSSR count). The molecule has 352 valence electrons. The molecule has 8 amide bonds. The minimum atomic E-state index is -0.907. The molecule has 1 aliphatic rings. The van der Waals surface area contributed by atoms with Crippen molar-refractivity contribution in [1.29, 1.82) is 0 Å². The monoisotopic (exact) mass is 905 g/mol. The largest absolute Gasteiger partial charge is 0.347 e. The molecule has 2 atom stereocenters. The van der Waals surface area contributed by atoms with Crippen LogP contribution in [0.5, 0.6) is 0 Å². The van der Waals surface area contributed by atoms with Crippen molar-refractivity contribution in [2.24, 2.45) is 31.8 Å². The molecule has 4 aromatic rings. The Morgan fingerprint density at radius 2 is 1.20 bits per heavy atom. The maximum Gasteiger partial charge on any atom is 0.272 e. The van der Waals surface area contributed by atoms with Crippen LogP contribution < -0.4 is 31.9 Å². The van der Waals surface area contributed by atoms with Crippen LogP contribution in [0.1, 0.15) is 107 Å². The Kier molecular flexibility index (Phi) is 17.6. The van der Waals surface area contributed by atoms with E-state index < -0.39 is 17.9 Å². The lowest BCUT2D eigenvalue weighted by molar-refractivity contribution is -0.140. The first-order chi connectivity index (χ1) is 31.4. The number of aryl methyl sites for hydroxylation is 2. The summed E-state index contributed by atoms with van der Waals surface area (Å²) in [5.41, 5.74) is 4.48. The quantitative estimate of drug-likeness (QED) is 0.0379. The van der Waals surface area contributed by atoms with Crippen molar-refractivity contribution in [3.05, 3.63) is 84.4 Å². The Labute approximate surface area is 385 Å². The number of amides is 8. The molecule has 1 aliphatic heterocycles. The van der Waals surface area contributed by atoms with Crippen molar-refractivity contribution in [3.8, 4) is 11.1 Å². The van der Waals surface area contributed by atoms with E-state index in [1.807, 2.05) is 32.2 Å². The van der Waals surface area contributed by atoms with Gasteiger partial charge in [-0.3, -0.25) is 43.3 Å². The molecule has 0 spiro atoms. The molecule has 0 bridgehead atoms. The number of carbonyl (C=O) groups is 8. The van der Waals surface area contributed by atoms with Gasteiger partial charge in [-0.05, 0) is 92.1 Å².